The van der Waals surface area contributed by atoms with Crippen LogP contribution in [0.2, 0.25) is 0 Å². The van der Waals surface area contributed by atoms with Crippen molar-refractivity contribution >= 4 is 23.8 Å². The number of ether oxygens (including phenoxy) is 2. The van der Waals surface area contributed by atoms with Gasteiger partial charge in [-0.05, 0) is 37.3 Å². The zero-order valence-corrected chi connectivity index (χ0v) is 16.9. The predicted molar refractivity (Wildman–Crippen MR) is 111 cm³/mol. The molecule has 1 aromatic heterocycles. The number of alkyl halides is 1. The molecular formula is C21H21F2N5O3. The number of amidine groups is 1. The minimum atomic E-state index is -1.71. The number of aromatic nitrogens is 1. The van der Waals surface area contributed by atoms with E-state index < -0.39 is 29.0 Å². The molecule has 1 fully saturated rings. The molecule has 3 N–H and O–H groups in total. The number of nitrogens with two attached hydrogens (primary N) is 1. The van der Waals surface area contributed by atoms with E-state index in [1.165, 1.54) is 25.3 Å². The van der Waals surface area contributed by atoms with Crippen LogP contribution in [0.1, 0.15) is 28.5 Å². The molecule has 1 amide bonds. The first kappa shape index (κ1) is 20.9. The van der Waals surface area contributed by atoms with Gasteiger partial charge in [0.2, 0.25) is 0 Å². The van der Waals surface area contributed by atoms with Crippen molar-refractivity contribution in [3.8, 4) is 0 Å². The molecule has 1 spiro atoms. The van der Waals surface area contributed by atoms with Crippen LogP contribution in [0.3, 0.4) is 0 Å². The lowest BCUT2D eigenvalue weighted by Gasteiger charge is -2.50. The molecule has 0 radical (unpaired) electrons. The summed E-state index contributed by atoms with van der Waals surface area (Å²) in [5, 5.41) is 2.65. The van der Waals surface area contributed by atoms with Crippen LogP contribution in [0.5, 0.6) is 0 Å². The van der Waals surface area contributed by atoms with Gasteiger partial charge in [0.15, 0.2) is 11.8 Å². The van der Waals surface area contributed by atoms with E-state index in [2.05, 4.69) is 20.3 Å². The van der Waals surface area contributed by atoms with Crippen LogP contribution in [0.25, 0.3) is 0 Å². The van der Waals surface area contributed by atoms with Gasteiger partial charge in [-0.25, -0.2) is 13.8 Å². The second-order valence-corrected chi connectivity index (χ2v) is 7.63. The molecule has 31 heavy (non-hydrogen) atoms. The summed E-state index contributed by atoms with van der Waals surface area (Å²) in [5.41, 5.74) is 3.91. The Kier molecular flexibility index (Phi) is 5.18. The van der Waals surface area contributed by atoms with Gasteiger partial charge in [0, 0.05) is 36.3 Å². The minimum Gasteiger partial charge on any atom is -0.451 e. The van der Waals surface area contributed by atoms with E-state index in [1.807, 2.05) is 0 Å². The molecule has 2 aromatic rings. The second kappa shape index (κ2) is 7.69. The van der Waals surface area contributed by atoms with E-state index >= 15 is 4.39 Å². The SMILES string of the molecule is C/N=C\c1ccc(C(=O)Nc2ccc(F)c([C@@]3(C)N=C(N)OC4(COC4)[C@@H]3F)c2)nc1. The van der Waals surface area contributed by atoms with E-state index in [1.54, 1.807) is 25.4 Å². The fourth-order valence-corrected chi connectivity index (χ4v) is 3.74. The summed E-state index contributed by atoms with van der Waals surface area (Å²) in [4.78, 5) is 24.6. The maximum atomic E-state index is 15.5. The average molecular weight is 429 g/mol. The molecule has 3 heterocycles. The molecular weight excluding hydrogens is 408 g/mol. The zero-order valence-electron chi connectivity index (χ0n) is 16.9. The van der Waals surface area contributed by atoms with E-state index in [4.69, 9.17) is 15.2 Å². The molecule has 2 aliphatic rings. The van der Waals surface area contributed by atoms with Crippen molar-refractivity contribution in [2.24, 2.45) is 15.7 Å². The topological polar surface area (TPSA) is 111 Å². The summed E-state index contributed by atoms with van der Waals surface area (Å²) in [6, 6.07) is 6.85. The number of nitrogens with one attached hydrogen (secondary N) is 1. The summed E-state index contributed by atoms with van der Waals surface area (Å²) < 4.78 is 40.7. The Labute approximate surface area is 177 Å². The van der Waals surface area contributed by atoms with Gasteiger partial charge in [-0.3, -0.25) is 14.8 Å². The van der Waals surface area contributed by atoms with Crippen LogP contribution in [0.4, 0.5) is 14.5 Å². The van der Waals surface area contributed by atoms with E-state index in [0.717, 1.165) is 11.6 Å². The molecule has 2 atom stereocenters. The monoisotopic (exact) mass is 429 g/mol. The fraction of sp³-hybridized carbons (Fsp3) is 0.333. The van der Waals surface area contributed by atoms with Gasteiger partial charge in [0.05, 0.1) is 13.2 Å². The number of amides is 1. The summed E-state index contributed by atoms with van der Waals surface area (Å²) in [6.45, 7) is 1.41. The van der Waals surface area contributed by atoms with Crippen LogP contribution in [0.15, 0.2) is 46.5 Å². The van der Waals surface area contributed by atoms with Crippen molar-refractivity contribution in [2.75, 3.05) is 25.6 Å². The summed E-state index contributed by atoms with van der Waals surface area (Å²) in [5.74, 6) is -1.18. The first-order chi connectivity index (χ1) is 14.8. The van der Waals surface area contributed by atoms with Crippen molar-refractivity contribution in [1.29, 1.82) is 0 Å². The zero-order chi connectivity index (χ0) is 22.2. The number of aliphatic imine (C=N–C) groups is 2. The molecule has 1 aromatic carbocycles. The second-order valence-electron chi connectivity index (χ2n) is 7.63. The lowest BCUT2D eigenvalue weighted by Crippen LogP contribution is -2.67. The van der Waals surface area contributed by atoms with E-state index in [-0.39, 0.29) is 36.2 Å². The third-order valence-electron chi connectivity index (χ3n) is 5.37. The highest BCUT2D eigenvalue weighted by atomic mass is 19.1. The van der Waals surface area contributed by atoms with Crippen molar-refractivity contribution in [1.82, 2.24) is 4.98 Å². The van der Waals surface area contributed by atoms with Crippen LogP contribution < -0.4 is 11.1 Å². The quantitative estimate of drug-likeness (QED) is 0.724. The molecule has 0 saturated carbocycles. The molecule has 4 rings (SSSR count). The highest BCUT2D eigenvalue weighted by Crippen LogP contribution is 2.45. The summed E-state index contributed by atoms with van der Waals surface area (Å²) >= 11 is 0. The van der Waals surface area contributed by atoms with Crippen LogP contribution in [0, 0.1) is 5.82 Å². The van der Waals surface area contributed by atoms with Crippen molar-refractivity contribution in [3.05, 3.63) is 59.2 Å². The van der Waals surface area contributed by atoms with Gasteiger partial charge in [0.25, 0.3) is 11.9 Å². The van der Waals surface area contributed by atoms with Crippen LogP contribution >= 0.6 is 0 Å². The summed E-state index contributed by atoms with van der Waals surface area (Å²) in [6.07, 6.45) is 1.40. The van der Waals surface area contributed by atoms with Gasteiger partial charge < -0.3 is 20.5 Å². The van der Waals surface area contributed by atoms with Gasteiger partial charge in [-0.2, -0.15) is 0 Å². The maximum absolute atomic E-state index is 15.5. The molecule has 0 unspecified atom stereocenters. The Bertz CT molecular complexity index is 1070. The predicted octanol–water partition coefficient (Wildman–Crippen LogP) is 2.19. The third kappa shape index (κ3) is 3.63. The van der Waals surface area contributed by atoms with Gasteiger partial charge in [-0.15, -0.1) is 0 Å². The Balaban J connectivity index is 1.62. The Hall–Kier alpha value is -3.40. The largest absolute Gasteiger partial charge is 0.451 e. The number of rotatable bonds is 4. The number of benzene rings is 1. The Morgan fingerprint density at radius 1 is 1.35 bits per heavy atom. The highest BCUT2D eigenvalue weighted by Gasteiger charge is 2.61. The Morgan fingerprint density at radius 3 is 2.74 bits per heavy atom. The minimum absolute atomic E-state index is 0.0115. The lowest BCUT2D eigenvalue weighted by atomic mass is 9.76. The van der Waals surface area contributed by atoms with Crippen molar-refractivity contribution in [3.63, 3.8) is 0 Å². The van der Waals surface area contributed by atoms with Gasteiger partial charge >= 0.3 is 0 Å². The molecule has 162 valence electrons. The van der Waals surface area contributed by atoms with Crippen molar-refractivity contribution in [2.45, 2.75) is 24.2 Å². The first-order valence-corrected chi connectivity index (χ1v) is 9.53. The standard InChI is InChI=1S/C21H21F2N5O3/c1-20(18(23)21(10-30-11-21)31-19(24)28-20)14-7-13(4-5-15(14)22)27-17(29)16-6-3-12(8-25-2)9-26-16/h3-9,18H,10-11H2,1-2H3,(H2,24,28)(H,27,29)/b25-8-/t18-,20-/m1/s1. The number of carbonyl (C=O) groups excluding carboxylic acids is 1. The van der Waals surface area contributed by atoms with Crippen LogP contribution in [-0.4, -0.2) is 55.2 Å². The number of nitrogens with zero attached hydrogens (tertiary/aromatic N) is 3. The normalized spacial score (nSPS) is 24.4. The number of carbonyl (C=O) groups is 1. The van der Waals surface area contributed by atoms with Gasteiger partial charge in [0.1, 0.15) is 17.1 Å². The number of hydrogen-bond donors (Lipinski definition) is 2. The van der Waals surface area contributed by atoms with E-state index in [0.29, 0.717) is 0 Å². The number of pyridine rings is 1. The molecule has 8 nitrogen and oxygen atoms in total. The molecule has 1 saturated heterocycles. The highest BCUT2D eigenvalue weighted by molar-refractivity contribution is 6.03. The first-order valence-electron chi connectivity index (χ1n) is 9.53. The number of anilines is 1. The molecule has 0 bridgehead atoms. The number of hydrogen-bond acceptors (Lipinski definition) is 7. The van der Waals surface area contributed by atoms with Crippen LogP contribution in [-0.2, 0) is 15.0 Å². The third-order valence-corrected chi connectivity index (χ3v) is 5.37. The maximum Gasteiger partial charge on any atom is 0.283 e. The van der Waals surface area contributed by atoms with Gasteiger partial charge in [-0.1, -0.05) is 0 Å². The molecule has 10 heteroatoms. The average Bonchev–Trinajstić information content (AvgIpc) is 2.71. The lowest BCUT2D eigenvalue weighted by molar-refractivity contribution is -0.221. The molecule has 2 aliphatic heterocycles. The molecule has 0 aliphatic carbocycles. The van der Waals surface area contributed by atoms with Crippen molar-refractivity contribution < 1.29 is 23.0 Å². The Morgan fingerprint density at radius 2 is 2.13 bits per heavy atom. The number of halogens is 2. The summed E-state index contributed by atoms with van der Waals surface area (Å²) in [7, 11) is 1.63. The smallest absolute Gasteiger partial charge is 0.283 e. The fourth-order valence-electron chi connectivity index (χ4n) is 3.74. The van der Waals surface area contributed by atoms with E-state index in [9.17, 15) is 9.18 Å².